The van der Waals surface area contributed by atoms with Crippen LogP contribution in [0.2, 0.25) is 10.0 Å². The summed E-state index contributed by atoms with van der Waals surface area (Å²) in [6.07, 6.45) is 0.816. The van der Waals surface area contributed by atoms with Gasteiger partial charge in [0, 0.05) is 28.7 Å². The zero-order valence-corrected chi connectivity index (χ0v) is 21.1. The number of anilines is 1. The lowest BCUT2D eigenvalue weighted by Crippen LogP contribution is -2.84. The number of aliphatic carboxylic acids is 1. The maximum absolute atomic E-state index is 13.5. The molecule has 0 aromatic heterocycles. The Hall–Kier alpha value is -3.24. The Kier molecular flexibility index (Phi) is 6.57. The number of hydrogen-bond acceptors (Lipinski definition) is 6. The van der Waals surface area contributed by atoms with Crippen molar-refractivity contribution in [2.45, 2.75) is 42.9 Å². The van der Waals surface area contributed by atoms with E-state index in [4.69, 9.17) is 37.8 Å². The average molecular weight is 552 g/mol. The lowest BCUT2D eigenvalue weighted by molar-refractivity contribution is -0.153. The highest BCUT2D eigenvalue weighted by Crippen LogP contribution is 2.60. The second-order valence-electron chi connectivity index (χ2n) is 9.80. The maximum Gasteiger partial charge on any atom is 0.305 e. The van der Waals surface area contributed by atoms with E-state index in [9.17, 15) is 18.8 Å². The van der Waals surface area contributed by atoms with Crippen molar-refractivity contribution < 1.29 is 33.4 Å². The highest BCUT2D eigenvalue weighted by Gasteiger charge is 2.69. The van der Waals surface area contributed by atoms with Crippen molar-refractivity contribution >= 4 is 46.7 Å². The van der Waals surface area contributed by atoms with Crippen molar-refractivity contribution in [1.82, 2.24) is 10.6 Å². The Labute approximate surface area is 221 Å². The first-order valence-corrected chi connectivity index (χ1v) is 12.4. The molecule has 1 heterocycles. The van der Waals surface area contributed by atoms with Crippen LogP contribution in [0.25, 0.3) is 0 Å². The number of carboxylic acids is 1. The fourth-order valence-electron chi connectivity index (χ4n) is 5.35. The summed E-state index contributed by atoms with van der Waals surface area (Å²) in [4.78, 5) is 38.3. The number of benzene rings is 2. The molecule has 1 atom stereocenters. The first-order valence-electron chi connectivity index (χ1n) is 11.7. The zero-order chi connectivity index (χ0) is 26.4. The summed E-state index contributed by atoms with van der Waals surface area (Å²) in [5.74, 6) is -1.54. The van der Waals surface area contributed by atoms with Crippen molar-refractivity contribution in [2.24, 2.45) is 0 Å². The van der Waals surface area contributed by atoms with Crippen molar-refractivity contribution in [3.8, 4) is 11.5 Å². The van der Waals surface area contributed by atoms with Gasteiger partial charge in [-0.2, -0.15) is 0 Å². The Bertz CT molecular complexity index is 1260. The molecule has 12 heteroatoms. The summed E-state index contributed by atoms with van der Waals surface area (Å²) in [7, 11) is 0. The maximum atomic E-state index is 13.5. The van der Waals surface area contributed by atoms with Gasteiger partial charge in [-0.3, -0.25) is 14.4 Å². The minimum atomic E-state index is -0.942. The standard InChI is InChI=1S/C25H24Cl2FN3O6/c26-14-1-4-19-18(7-14)31(6-5-22(33)34)9-20(37-19)23(35)30-25-11-24(12-25,13-25)29-21(32)10-36-15-2-3-16(27)17(28)8-15/h1-4,7-8,20H,5-6,9-13H2,(H,29,32)(H,30,35)(H,33,34). The van der Waals surface area contributed by atoms with E-state index in [0.717, 1.165) is 6.07 Å². The van der Waals surface area contributed by atoms with Gasteiger partial charge in [-0.15, -0.1) is 0 Å². The van der Waals surface area contributed by atoms with E-state index in [0.29, 0.717) is 35.7 Å². The first kappa shape index (κ1) is 25.4. The second kappa shape index (κ2) is 9.57. The molecule has 1 aliphatic heterocycles. The van der Waals surface area contributed by atoms with Crippen LogP contribution in [-0.2, 0) is 14.4 Å². The van der Waals surface area contributed by atoms with Gasteiger partial charge in [0.15, 0.2) is 12.7 Å². The number of carboxylic acid groups (broad SMARTS) is 1. The number of rotatable bonds is 9. The SMILES string of the molecule is O=C(O)CCN1CC(C(=O)NC23CC(NC(=O)COc4ccc(Cl)c(F)c4)(C2)C3)Oc2ccc(Cl)cc21. The number of hydrogen-bond donors (Lipinski definition) is 3. The normalized spacial score (nSPS) is 25.1. The third-order valence-electron chi connectivity index (χ3n) is 6.89. The van der Waals surface area contributed by atoms with E-state index in [1.165, 1.54) is 12.1 Å². The fraction of sp³-hybridized carbons (Fsp3) is 0.400. The van der Waals surface area contributed by atoms with E-state index >= 15 is 0 Å². The molecule has 2 amide bonds. The van der Waals surface area contributed by atoms with E-state index in [1.54, 1.807) is 23.1 Å². The molecule has 3 N–H and O–H groups in total. The van der Waals surface area contributed by atoms with Crippen molar-refractivity contribution in [2.75, 3.05) is 24.6 Å². The zero-order valence-electron chi connectivity index (χ0n) is 19.6. The quantitative estimate of drug-likeness (QED) is 0.438. The van der Waals surface area contributed by atoms with E-state index < -0.39 is 29.0 Å². The summed E-state index contributed by atoms with van der Waals surface area (Å²) in [5.41, 5.74) is -0.169. The minimum Gasteiger partial charge on any atom is -0.484 e. The van der Waals surface area contributed by atoms with Gasteiger partial charge in [0.25, 0.3) is 11.8 Å². The smallest absolute Gasteiger partial charge is 0.305 e. The molecule has 3 fully saturated rings. The molecule has 2 aromatic carbocycles. The Balaban J connectivity index is 1.12. The van der Waals surface area contributed by atoms with Gasteiger partial charge < -0.3 is 30.1 Å². The van der Waals surface area contributed by atoms with Crippen LogP contribution in [0.3, 0.4) is 0 Å². The van der Waals surface area contributed by atoms with Crippen LogP contribution >= 0.6 is 23.2 Å². The van der Waals surface area contributed by atoms with Gasteiger partial charge in [-0.05, 0) is 49.6 Å². The summed E-state index contributed by atoms with van der Waals surface area (Å²) >= 11 is 11.7. The average Bonchev–Trinajstić information content (AvgIpc) is 2.80. The monoisotopic (exact) mass is 551 g/mol. The number of ether oxygens (including phenoxy) is 2. The molecule has 0 saturated heterocycles. The van der Waals surface area contributed by atoms with Gasteiger partial charge in [-0.1, -0.05) is 23.2 Å². The van der Waals surface area contributed by atoms with E-state index in [2.05, 4.69) is 10.6 Å². The van der Waals surface area contributed by atoms with Crippen LogP contribution in [0.1, 0.15) is 25.7 Å². The summed E-state index contributed by atoms with van der Waals surface area (Å²) in [5, 5.41) is 15.5. The number of nitrogens with zero attached hydrogens (tertiary/aromatic N) is 1. The Morgan fingerprint density at radius 3 is 2.54 bits per heavy atom. The lowest BCUT2D eigenvalue weighted by atomic mass is 9.44. The molecule has 4 aliphatic rings. The van der Waals surface area contributed by atoms with Crippen LogP contribution in [-0.4, -0.2) is 59.8 Å². The largest absolute Gasteiger partial charge is 0.484 e. The van der Waals surface area contributed by atoms with Crippen molar-refractivity contribution in [3.63, 3.8) is 0 Å². The molecular formula is C25H24Cl2FN3O6. The molecule has 2 aromatic rings. The van der Waals surface area contributed by atoms with Gasteiger partial charge in [0.05, 0.1) is 23.7 Å². The van der Waals surface area contributed by atoms with Gasteiger partial charge in [0.1, 0.15) is 17.3 Å². The van der Waals surface area contributed by atoms with Crippen LogP contribution in [0.15, 0.2) is 36.4 Å². The first-order chi connectivity index (χ1) is 17.6. The third kappa shape index (κ3) is 5.26. The van der Waals surface area contributed by atoms with E-state index in [1.807, 2.05) is 0 Å². The summed E-state index contributed by atoms with van der Waals surface area (Å²) in [6.45, 7) is 0.127. The molecule has 37 heavy (non-hydrogen) atoms. The van der Waals surface area contributed by atoms with Crippen LogP contribution in [0, 0.1) is 5.82 Å². The van der Waals surface area contributed by atoms with Crippen LogP contribution in [0.5, 0.6) is 11.5 Å². The molecule has 2 bridgehead atoms. The van der Waals surface area contributed by atoms with Gasteiger partial charge in [-0.25, -0.2) is 4.39 Å². The number of amides is 2. The fourth-order valence-corrected chi connectivity index (χ4v) is 5.63. The van der Waals surface area contributed by atoms with Crippen LogP contribution in [0.4, 0.5) is 10.1 Å². The predicted octanol–water partition coefficient (Wildman–Crippen LogP) is 3.16. The number of carbonyl (C=O) groups is 3. The Morgan fingerprint density at radius 1 is 1.11 bits per heavy atom. The molecule has 6 rings (SSSR count). The number of fused-ring (bicyclic) bond motifs is 1. The highest BCUT2D eigenvalue weighted by molar-refractivity contribution is 6.31. The van der Waals surface area contributed by atoms with Gasteiger partial charge in [0.2, 0.25) is 0 Å². The molecular weight excluding hydrogens is 528 g/mol. The van der Waals surface area contributed by atoms with Crippen molar-refractivity contribution in [3.05, 3.63) is 52.3 Å². The lowest BCUT2D eigenvalue weighted by Gasteiger charge is -2.70. The molecule has 9 nitrogen and oxygen atoms in total. The summed E-state index contributed by atoms with van der Waals surface area (Å²) in [6, 6.07) is 8.95. The molecule has 3 saturated carbocycles. The van der Waals surface area contributed by atoms with Crippen LogP contribution < -0.4 is 25.0 Å². The van der Waals surface area contributed by atoms with E-state index in [-0.39, 0.29) is 48.7 Å². The Morgan fingerprint density at radius 2 is 1.84 bits per heavy atom. The molecule has 0 spiro atoms. The minimum absolute atomic E-state index is 0.0294. The molecule has 196 valence electrons. The molecule has 0 radical (unpaired) electrons. The van der Waals surface area contributed by atoms with Gasteiger partial charge >= 0.3 is 5.97 Å². The van der Waals surface area contributed by atoms with Crippen molar-refractivity contribution in [1.29, 1.82) is 0 Å². The molecule has 3 aliphatic carbocycles. The number of carbonyl (C=O) groups excluding carboxylic acids is 2. The number of nitrogens with one attached hydrogen (secondary N) is 2. The topological polar surface area (TPSA) is 117 Å². The third-order valence-corrected chi connectivity index (χ3v) is 7.43. The number of halogens is 3. The summed E-state index contributed by atoms with van der Waals surface area (Å²) < 4.78 is 24.8. The second-order valence-corrected chi connectivity index (χ2v) is 10.6. The predicted molar refractivity (Wildman–Crippen MR) is 133 cm³/mol. The highest BCUT2D eigenvalue weighted by atomic mass is 35.5. The molecule has 1 unspecified atom stereocenters.